The van der Waals surface area contributed by atoms with Gasteiger partial charge in [0.1, 0.15) is 11.9 Å². The van der Waals surface area contributed by atoms with Gasteiger partial charge >= 0.3 is 0 Å². The first kappa shape index (κ1) is 16.4. The van der Waals surface area contributed by atoms with Crippen molar-refractivity contribution in [3.8, 4) is 0 Å². The Morgan fingerprint density at radius 1 is 1.27 bits per heavy atom. The van der Waals surface area contributed by atoms with Gasteiger partial charge in [-0.05, 0) is 42.3 Å². The summed E-state index contributed by atoms with van der Waals surface area (Å²) in [5.74, 6) is -0.609. The second-order valence-electron chi connectivity index (χ2n) is 6.24. The number of aromatic nitrogens is 3. The Hall–Kier alpha value is -3.06. The van der Waals surface area contributed by atoms with Crippen LogP contribution >= 0.6 is 0 Å². The van der Waals surface area contributed by atoms with E-state index in [4.69, 9.17) is 4.74 Å². The number of nitrogens with zero attached hydrogens (tertiary/aromatic N) is 3. The summed E-state index contributed by atoms with van der Waals surface area (Å²) in [6, 6.07) is 13.7. The average molecular weight is 352 g/mol. The van der Waals surface area contributed by atoms with Gasteiger partial charge in [0.2, 0.25) is 0 Å². The first-order chi connectivity index (χ1) is 12.6. The summed E-state index contributed by atoms with van der Waals surface area (Å²) in [5.41, 5.74) is 3.51. The van der Waals surface area contributed by atoms with Crippen molar-refractivity contribution in [2.75, 3.05) is 5.32 Å². The van der Waals surface area contributed by atoms with Gasteiger partial charge in [-0.25, -0.2) is 9.07 Å². The van der Waals surface area contributed by atoms with Gasteiger partial charge in [0, 0.05) is 5.69 Å². The molecule has 1 amide bonds. The van der Waals surface area contributed by atoms with Crippen LogP contribution in [0.1, 0.15) is 33.4 Å². The van der Waals surface area contributed by atoms with Crippen molar-refractivity contribution in [3.05, 3.63) is 76.9 Å². The first-order valence-electron chi connectivity index (χ1n) is 8.27. The Morgan fingerprint density at radius 2 is 2.08 bits per heavy atom. The topological polar surface area (TPSA) is 69.0 Å². The predicted octanol–water partition coefficient (Wildman–Crippen LogP) is 3.25. The summed E-state index contributed by atoms with van der Waals surface area (Å²) in [5, 5.41) is 10.9. The van der Waals surface area contributed by atoms with Crippen molar-refractivity contribution in [1.29, 1.82) is 0 Å². The van der Waals surface area contributed by atoms with Gasteiger partial charge in [-0.2, -0.15) is 0 Å². The second-order valence-corrected chi connectivity index (χ2v) is 6.24. The van der Waals surface area contributed by atoms with E-state index in [1.165, 1.54) is 12.1 Å². The largest absolute Gasteiger partial charge is 0.365 e. The number of carbonyl (C=O) groups excluding carboxylic acids is 1. The number of halogens is 1. The van der Waals surface area contributed by atoms with E-state index in [1.807, 2.05) is 31.2 Å². The highest BCUT2D eigenvalue weighted by molar-refractivity contribution is 6.03. The molecule has 7 heteroatoms. The maximum Gasteiger partial charge on any atom is 0.278 e. The monoisotopic (exact) mass is 352 g/mol. The van der Waals surface area contributed by atoms with E-state index in [0.29, 0.717) is 17.9 Å². The van der Waals surface area contributed by atoms with E-state index < -0.39 is 0 Å². The Morgan fingerprint density at radius 3 is 2.85 bits per heavy atom. The normalized spacial score (nSPS) is 16.2. The van der Waals surface area contributed by atoms with Gasteiger partial charge in [0.15, 0.2) is 5.69 Å². The highest BCUT2D eigenvalue weighted by atomic mass is 19.1. The number of nitrogens with one attached hydrogen (secondary N) is 1. The number of anilines is 1. The molecule has 0 saturated heterocycles. The summed E-state index contributed by atoms with van der Waals surface area (Å²) in [4.78, 5) is 12.5. The zero-order chi connectivity index (χ0) is 18.1. The zero-order valence-electron chi connectivity index (χ0n) is 14.1. The summed E-state index contributed by atoms with van der Waals surface area (Å²) >= 11 is 0. The first-order valence-corrected chi connectivity index (χ1v) is 8.27. The van der Waals surface area contributed by atoms with E-state index in [2.05, 4.69) is 15.6 Å². The molecule has 0 unspecified atom stereocenters. The Labute approximate surface area is 149 Å². The molecule has 0 bridgehead atoms. The Kier molecular flexibility index (Phi) is 4.22. The molecule has 0 radical (unpaired) electrons. The van der Waals surface area contributed by atoms with Crippen LogP contribution in [0.25, 0.3) is 0 Å². The highest BCUT2D eigenvalue weighted by Crippen LogP contribution is 2.27. The molecule has 26 heavy (non-hydrogen) atoms. The molecule has 132 valence electrons. The van der Waals surface area contributed by atoms with E-state index in [9.17, 15) is 9.18 Å². The number of hydrogen-bond acceptors (Lipinski definition) is 4. The quantitative estimate of drug-likeness (QED) is 0.786. The molecular formula is C19H17FN4O2. The maximum absolute atomic E-state index is 13.1. The van der Waals surface area contributed by atoms with Crippen LogP contribution in [0.2, 0.25) is 0 Å². The van der Waals surface area contributed by atoms with Crippen LogP contribution in [0, 0.1) is 12.7 Å². The predicted molar refractivity (Wildman–Crippen MR) is 93.1 cm³/mol. The summed E-state index contributed by atoms with van der Waals surface area (Å²) in [6.07, 6.45) is -0.252. The number of hydrogen-bond donors (Lipinski definition) is 1. The lowest BCUT2D eigenvalue weighted by atomic mass is 10.1. The maximum atomic E-state index is 13.1. The fourth-order valence-corrected chi connectivity index (χ4v) is 2.98. The highest BCUT2D eigenvalue weighted by Gasteiger charge is 2.27. The fraction of sp³-hybridized carbons (Fsp3) is 0.211. The Balaban J connectivity index is 1.52. The lowest BCUT2D eigenvalue weighted by molar-refractivity contribution is -0.00174. The molecule has 1 aliphatic heterocycles. The minimum Gasteiger partial charge on any atom is -0.365 e. The van der Waals surface area contributed by atoms with Crippen molar-refractivity contribution in [2.45, 2.75) is 26.2 Å². The molecule has 1 aliphatic rings. The molecule has 1 aromatic heterocycles. The number of amides is 1. The van der Waals surface area contributed by atoms with Crippen LogP contribution in [0.15, 0.2) is 48.5 Å². The Bertz CT molecular complexity index is 952. The zero-order valence-corrected chi connectivity index (χ0v) is 14.1. The third kappa shape index (κ3) is 3.21. The van der Waals surface area contributed by atoms with Crippen molar-refractivity contribution >= 4 is 11.6 Å². The van der Waals surface area contributed by atoms with Crippen LogP contribution in [0.5, 0.6) is 0 Å². The van der Waals surface area contributed by atoms with Crippen LogP contribution in [0.3, 0.4) is 0 Å². The van der Waals surface area contributed by atoms with Gasteiger partial charge in [-0.1, -0.05) is 29.5 Å². The molecule has 1 N–H and O–H groups in total. The SMILES string of the molecule is Cc1cccc(NC(=O)c2nnn3c2CO[C@H](c2ccc(F)cc2)C3)c1. The molecule has 0 aliphatic carbocycles. The molecule has 2 aromatic carbocycles. The molecule has 0 saturated carbocycles. The summed E-state index contributed by atoms with van der Waals surface area (Å²) in [7, 11) is 0. The lowest BCUT2D eigenvalue weighted by Crippen LogP contribution is -2.24. The minimum absolute atomic E-state index is 0.214. The van der Waals surface area contributed by atoms with E-state index in [-0.39, 0.29) is 30.1 Å². The van der Waals surface area contributed by atoms with Crippen molar-refractivity contribution in [3.63, 3.8) is 0 Å². The van der Waals surface area contributed by atoms with Gasteiger partial charge < -0.3 is 10.1 Å². The van der Waals surface area contributed by atoms with E-state index in [0.717, 1.165) is 11.1 Å². The van der Waals surface area contributed by atoms with Crippen LogP contribution < -0.4 is 5.32 Å². The number of aryl methyl sites for hydroxylation is 1. The van der Waals surface area contributed by atoms with Gasteiger partial charge in [-0.3, -0.25) is 4.79 Å². The molecule has 0 fully saturated rings. The van der Waals surface area contributed by atoms with Crippen molar-refractivity contribution in [2.24, 2.45) is 0 Å². The second kappa shape index (κ2) is 6.68. The van der Waals surface area contributed by atoms with Crippen LogP contribution in [-0.2, 0) is 17.9 Å². The third-order valence-corrected chi connectivity index (χ3v) is 4.33. The number of carbonyl (C=O) groups is 1. The molecular weight excluding hydrogens is 335 g/mol. The van der Waals surface area contributed by atoms with Gasteiger partial charge in [-0.15, -0.1) is 5.10 Å². The molecule has 4 rings (SSSR count). The average Bonchev–Trinajstić information content (AvgIpc) is 3.05. The number of rotatable bonds is 3. The third-order valence-electron chi connectivity index (χ3n) is 4.33. The number of benzene rings is 2. The van der Waals surface area contributed by atoms with Crippen molar-refractivity contribution < 1.29 is 13.9 Å². The lowest BCUT2D eigenvalue weighted by Gasteiger charge is -2.24. The summed E-state index contributed by atoms with van der Waals surface area (Å²) in [6.45, 7) is 2.59. The molecule has 6 nitrogen and oxygen atoms in total. The van der Waals surface area contributed by atoms with E-state index >= 15 is 0 Å². The minimum atomic E-state index is -0.319. The summed E-state index contributed by atoms with van der Waals surface area (Å²) < 4.78 is 20.6. The van der Waals surface area contributed by atoms with Gasteiger partial charge in [0.05, 0.1) is 18.8 Å². The number of ether oxygens (including phenoxy) is 1. The molecule has 3 aromatic rings. The molecule has 2 heterocycles. The number of fused-ring (bicyclic) bond motifs is 1. The molecule has 1 atom stereocenters. The standard InChI is InChI=1S/C19H17FN4O2/c1-12-3-2-4-15(9-12)21-19(25)18-16-11-26-17(10-24(16)23-22-18)13-5-7-14(20)8-6-13/h2-9,17H,10-11H2,1H3,(H,21,25)/t17-/m0/s1. The van der Waals surface area contributed by atoms with E-state index in [1.54, 1.807) is 16.8 Å². The fourth-order valence-electron chi connectivity index (χ4n) is 2.98. The van der Waals surface area contributed by atoms with Crippen LogP contribution in [-0.4, -0.2) is 20.9 Å². The van der Waals surface area contributed by atoms with Crippen LogP contribution in [0.4, 0.5) is 10.1 Å². The smallest absolute Gasteiger partial charge is 0.278 e. The van der Waals surface area contributed by atoms with Gasteiger partial charge in [0.25, 0.3) is 5.91 Å². The van der Waals surface area contributed by atoms with Crippen molar-refractivity contribution in [1.82, 2.24) is 15.0 Å². The molecule has 0 spiro atoms.